The van der Waals surface area contributed by atoms with Crippen LogP contribution in [0.2, 0.25) is 0 Å². The maximum atomic E-state index is 11.6. The number of anilines is 1. The number of hydrogen-bond donors (Lipinski definition) is 1. The zero-order valence-electron chi connectivity index (χ0n) is 11.0. The van der Waals surface area contributed by atoms with E-state index in [0.717, 1.165) is 27.7 Å². The summed E-state index contributed by atoms with van der Waals surface area (Å²) < 4.78 is 4.73. The fraction of sp³-hybridized carbons (Fsp3) is 0.286. The van der Waals surface area contributed by atoms with E-state index < -0.39 is 5.97 Å². The van der Waals surface area contributed by atoms with Crippen molar-refractivity contribution in [3.63, 3.8) is 0 Å². The average Bonchev–Trinajstić information content (AvgIpc) is 2.40. The van der Waals surface area contributed by atoms with Crippen LogP contribution >= 0.6 is 0 Å². The lowest BCUT2D eigenvalue weighted by atomic mass is 10.0. The van der Waals surface area contributed by atoms with Crippen LogP contribution in [-0.4, -0.2) is 25.1 Å². The Balaban J connectivity index is 2.83. The number of aromatic nitrogens is 1. The lowest BCUT2D eigenvalue weighted by Crippen LogP contribution is -2.07. The van der Waals surface area contributed by atoms with E-state index in [1.807, 2.05) is 27.0 Å². The van der Waals surface area contributed by atoms with Gasteiger partial charge in [-0.25, -0.2) is 9.78 Å². The molecular formula is C14H16N2O2. The predicted octanol–water partition coefficient (Wildman–Crippen LogP) is 2.68. The molecule has 0 unspecified atom stereocenters. The number of hydrogen-bond acceptors (Lipinski definition) is 4. The van der Waals surface area contributed by atoms with Gasteiger partial charge in [-0.2, -0.15) is 0 Å². The molecule has 0 aliphatic heterocycles. The van der Waals surface area contributed by atoms with E-state index >= 15 is 0 Å². The van der Waals surface area contributed by atoms with Gasteiger partial charge in [0.2, 0.25) is 0 Å². The molecule has 18 heavy (non-hydrogen) atoms. The molecule has 1 heterocycles. The van der Waals surface area contributed by atoms with Gasteiger partial charge in [0.15, 0.2) is 5.69 Å². The first-order valence-electron chi connectivity index (χ1n) is 5.75. The van der Waals surface area contributed by atoms with E-state index in [9.17, 15) is 4.79 Å². The van der Waals surface area contributed by atoms with Crippen LogP contribution < -0.4 is 5.32 Å². The number of carbonyl (C=O) groups excluding carboxylic acids is 1. The quantitative estimate of drug-likeness (QED) is 0.825. The maximum absolute atomic E-state index is 11.6. The molecule has 94 valence electrons. The molecule has 0 aliphatic rings. The van der Waals surface area contributed by atoms with Crippen molar-refractivity contribution in [2.24, 2.45) is 0 Å². The largest absolute Gasteiger partial charge is 0.464 e. The molecule has 0 radical (unpaired) electrons. The summed E-state index contributed by atoms with van der Waals surface area (Å²) in [4.78, 5) is 16.0. The molecular weight excluding hydrogens is 228 g/mol. The zero-order chi connectivity index (χ0) is 13.3. The Bertz CT molecular complexity index is 621. The van der Waals surface area contributed by atoms with Gasteiger partial charge in [0.1, 0.15) is 0 Å². The second-order valence-corrected chi connectivity index (χ2v) is 4.22. The van der Waals surface area contributed by atoms with Gasteiger partial charge < -0.3 is 10.1 Å². The van der Waals surface area contributed by atoms with Gasteiger partial charge in [0.25, 0.3) is 0 Å². The summed E-state index contributed by atoms with van der Waals surface area (Å²) in [6, 6.07) is 5.78. The molecule has 0 amide bonds. The average molecular weight is 244 g/mol. The SMILES string of the molecule is CNc1cc(C(=O)OC)nc2c(C)ccc(C)c12. The minimum absolute atomic E-state index is 0.322. The number of carbonyl (C=O) groups is 1. The summed E-state index contributed by atoms with van der Waals surface area (Å²) in [5.74, 6) is -0.422. The zero-order valence-corrected chi connectivity index (χ0v) is 11.0. The molecule has 2 rings (SSSR count). The van der Waals surface area contributed by atoms with Crippen molar-refractivity contribution in [2.45, 2.75) is 13.8 Å². The number of nitrogens with one attached hydrogen (secondary N) is 1. The highest BCUT2D eigenvalue weighted by molar-refractivity contribution is 6.00. The van der Waals surface area contributed by atoms with Crippen molar-refractivity contribution in [3.8, 4) is 0 Å². The number of aryl methyl sites for hydroxylation is 2. The highest BCUT2D eigenvalue weighted by atomic mass is 16.5. The van der Waals surface area contributed by atoms with Crippen molar-refractivity contribution in [2.75, 3.05) is 19.5 Å². The van der Waals surface area contributed by atoms with Gasteiger partial charge in [-0.05, 0) is 31.0 Å². The van der Waals surface area contributed by atoms with E-state index in [1.54, 1.807) is 6.07 Å². The fourth-order valence-corrected chi connectivity index (χ4v) is 2.05. The Labute approximate surface area is 106 Å². The highest BCUT2D eigenvalue weighted by Gasteiger charge is 2.14. The minimum Gasteiger partial charge on any atom is -0.464 e. The van der Waals surface area contributed by atoms with Crippen LogP contribution in [0.3, 0.4) is 0 Å². The van der Waals surface area contributed by atoms with E-state index in [4.69, 9.17) is 4.74 Å². The Morgan fingerprint density at radius 2 is 1.94 bits per heavy atom. The summed E-state index contributed by atoms with van der Waals surface area (Å²) >= 11 is 0. The standard InChI is InChI=1S/C14H16N2O2/c1-8-5-6-9(2)13-12(8)10(15-3)7-11(16-13)14(17)18-4/h5-7H,1-4H3,(H,15,16). The van der Waals surface area contributed by atoms with Crippen LogP contribution in [0.25, 0.3) is 10.9 Å². The van der Waals surface area contributed by atoms with Crippen molar-refractivity contribution >= 4 is 22.6 Å². The lowest BCUT2D eigenvalue weighted by Gasteiger charge is -2.12. The summed E-state index contributed by atoms with van der Waals surface area (Å²) in [5, 5.41) is 4.16. The molecule has 4 nitrogen and oxygen atoms in total. The Morgan fingerprint density at radius 1 is 1.28 bits per heavy atom. The van der Waals surface area contributed by atoms with Crippen molar-refractivity contribution in [3.05, 3.63) is 35.0 Å². The molecule has 0 atom stereocenters. The van der Waals surface area contributed by atoms with E-state index in [1.165, 1.54) is 7.11 Å². The monoisotopic (exact) mass is 244 g/mol. The smallest absolute Gasteiger partial charge is 0.356 e. The Kier molecular flexibility index (Phi) is 3.19. The van der Waals surface area contributed by atoms with Gasteiger partial charge in [-0.15, -0.1) is 0 Å². The first kappa shape index (κ1) is 12.4. The molecule has 0 aliphatic carbocycles. The van der Waals surface area contributed by atoms with E-state index in [0.29, 0.717) is 5.69 Å². The van der Waals surface area contributed by atoms with Crippen LogP contribution in [-0.2, 0) is 4.74 Å². The molecule has 0 spiro atoms. The molecule has 2 aromatic rings. The van der Waals surface area contributed by atoms with Crippen LogP contribution in [0.5, 0.6) is 0 Å². The van der Waals surface area contributed by atoms with Gasteiger partial charge in [0, 0.05) is 18.1 Å². The van der Waals surface area contributed by atoms with Crippen LogP contribution in [0, 0.1) is 13.8 Å². The topological polar surface area (TPSA) is 51.2 Å². The van der Waals surface area contributed by atoms with Gasteiger partial charge in [0.05, 0.1) is 12.6 Å². The second-order valence-electron chi connectivity index (χ2n) is 4.22. The molecule has 1 N–H and O–H groups in total. The third-order valence-electron chi connectivity index (χ3n) is 3.03. The van der Waals surface area contributed by atoms with Crippen LogP contribution in [0.4, 0.5) is 5.69 Å². The predicted molar refractivity (Wildman–Crippen MR) is 72.1 cm³/mol. The number of ether oxygens (including phenoxy) is 1. The van der Waals surface area contributed by atoms with Crippen LogP contribution in [0.15, 0.2) is 18.2 Å². The third-order valence-corrected chi connectivity index (χ3v) is 3.03. The maximum Gasteiger partial charge on any atom is 0.356 e. The normalized spacial score (nSPS) is 10.4. The second kappa shape index (κ2) is 4.64. The van der Waals surface area contributed by atoms with Gasteiger partial charge in [-0.3, -0.25) is 0 Å². The summed E-state index contributed by atoms with van der Waals surface area (Å²) in [5.41, 5.74) is 4.22. The van der Waals surface area contributed by atoms with Gasteiger partial charge >= 0.3 is 5.97 Å². The van der Waals surface area contributed by atoms with Crippen molar-refractivity contribution in [1.29, 1.82) is 0 Å². The Morgan fingerprint density at radius 3 is 2.56 bits per heavy atom. The van der Waals surface area contributed by atoms with Crippen molar-refractivity contribution < 1.29 is 9.53 Å². The highest BCUT2D eigenvalue weighted by Crippen LogP contribution is 2.28. The van der Waals surface area contributed by atoms with Crippen molar-refractivity contribution in [1.82, 2.24) is 4.98 Å². The molecule has 1 aromatic carbocycles. The molecule has 0 saturated heterocycles. The first-order chi connectivity index (χ1) is 8.58. The first-order valence-corrected chi connectivity index (χ1v) is 5.75. The fourth-order valence-electron chi connectivity index (χ4n) is 2.05. The summed E-state index contributed by atoms with van der Waals surface area (Å²) in [7, 11) is 3.19. The molecule has 0 bridgehead atoms. The van der Waals surface area contributed by atoms with E-state index in [2.05, 4.69) is 16.4 Å². The number of methoxy groups -OCH3 is 1. The Hall–Kier alpha value is -2.10. The van der Waals surface area contributed by atoms with Crippen LogP contribution in [0.1, 0.15) is 21.6 Å². The van der Waals surface area contributed by atoms with E-state index in [-0.39, 0.29) is 0 Å². The summed E-state index contributed by atoms with van der Waals surface area (Å²) in [6.45, 7) is 4.01. The third kappa shape index (κ3) is 1.90. The number of nitrogens with zero attached hydrogens (tertiary/aromatic N) is 1. The van der Waals surface area contributed by atoms with Gasteiger partial charge in [-0.1, -0.05) is 12.1 Å². The summed E-state index contributed by atoms with van der Waals surface area (Å²) in [6.07, 6.45) is 0. The molecule has 4 heteroatoms. The minimum atomic E-state index is -0.422. The lowest BCUT2D eigenvalue weighted by molar-refractivity contribution is 0.0594. The number of rotatable bonds is 2. The number of fused-ring (bicyclic) bond motifs is 1. The number of pyridine rings is 1. The molecule has 0 fully saturated rings. The number of benzene rings is 1. The number of esters is 1. The molecule has 0 saturated carbocycles. The molecule has 1 aromatic heterocycles.